The lowest BCUT2D eigenvalue weighted by Gasteiger charge is -2.22. The van der Waals surface area contributed by atoms with Crippen LogP contribution in [0.2, 0.25) is 0 Å². The molecule has 2 rings (SSSR count). The molecule has 3 heteroatoms. The summed E-state index contributed by atoms with van der Waals surface area (Å²) in [6.45, 7) is 3.20. The molecule has 1 aromatic carbocycles. The second-order valence-electron chi connectivity index (χ2n) is 4.73. The van der Waals surface area contributed by atoms with E-state index in [2.05, 4.69) is 24.4 Å². The highest BCUT2D eigenvalue weighted by molar-refractivity contribution is 7.99. The molecule has 1 aromatic rings. The third kappa shape index (κ3) is 3.85. The molecule has 1 aliphatic heterocycles. The van der Waals surface area contributed by atoms with Gasteiger partial charge in [0.25, 0.3) is 0 Å². The number of hydrogen-bond acceptors (Lipinski definition) is 3. The second kappa shape index (κ2) is 6.95. The summed E-state index contributed by atoms with van der Waals surface area (Å²) in [6, 6.07) is 8.41. The Morgan fingerprint density at radius 1 is 1.33 bits per heavy atom. The molecule has 0 saturated carbocycles. The van der Waals surface area contributed by atoms with Crippen molar-refractivity contribution in [2.75, 3.05) is 12.3 Å². The fourth-order valence-electron chi connectivity index (χ4n) is 2.34. The highest BCUT2D eigenvalue weighted by Crippen LogP contribution is 2.19. The fourth-order valence-corrected chi connectivity index (χ4v) is 3.01. The van der Waals surface area contributed by atoms with Crippen LogP contribution in [0.5, 0.6) is 0 Å². The van der Waals surface area contributed by atoms with E-state index in [-0.39, 0.29) is 5.78 Å². The van der Waals surface area contributed by atoms with Crippen molar-refractivity contribution in [1.82, 2.24) is 5.32 Å². The number of hydrogen-bond donors (Lipinski definition) is 1. The van der Waals surface area contributed by atoms with Crippen LogP contribution in [-0.2, 0) is 0 Å². The highest BCUT2D eigenvalue weighted by Gasteiger charge is 2.17. The maximum absolute atomic E-state index is 12.1. The van der Waals surface area contributed by atoms with Gasteiger partial charge in [-0.1, -0.05) is 25.5 Å². The zero-order valence-electron chi connectivity index (χ0n) is 10.9. The van der Waals surface area contributed by atoms with Crippen molar-refractivity contribution in [3.05, 3.63) is 29.8 Å². The molecule has 0 spiro atoms. The normalized spacial score (nSPS) is 19.7. The number of rotatable bonds is 5. The first kappa shape index (κ1) is 13.6. The monoisotopic (exact) mass is 263 g/mol. The number of thioether (sulfide) groups is 1. The third-order valence-corrected chi connectivity index (χ3v) is 4.23. The topological polar surface area (TPSA) is 29.1 Å². The molecule has 0 aromatic heterocycles. The molecule has 1 aliphatic rings. The Morgan fingerprint density at radius 3 is 2.72 bits per heavy atom. The zero-order chi connectivity index (χ0) is 12.8. The molecule has 0 radical (unpaired) electrons. The van der Waals surface area contributed by atoms with Crippen LogP contribution in [0.25, 0.3) is 0 Å². The van der Waals surface area contributed by atoms with Gasteiger partial charge in [-0.3, -0.25) is 4.79 Å². The van der Waals surface area contributed by atoms with Gasteiger partial charge in [0, 0.05) is 22.9 Å². The average molecular weight is 263 g/mol. The van der Waals surface area contributed by atoms with E-state index >= 15 is 0 Å². The van der Waals surface area contributed by atoms with Crippen LogP contribution < -0.4 is 5.32 Å². The summed E-state index contributed by atoms with van der Waals surface area (Å²) in [7, 11) is 0. The van der Waals surface area contributed by atoms with Crippen molar-refractivity contribution >= 4 is 17.5 Å². The summed E-state index contributed by atoms with van der Waals surface area (Å²) >= 11 is 1.81. The highest BCUT2D eigenvalue weighted by atomic mass is 32.2. The summed E-state index contributed by atoms with van der Waals surface area (Å²) in [5.41, 5.74) is 0.850. The van der Waals surface area contributed by atoms with Gasteiger partial charge in [0.05, 0.1) is 0 Å². The van der Waals surface area contributed by atoms with Gasteiger partial charge in [-0.15, -0.1) is 11.8 Å². The maximum Gasteiger partial charge on any atom is 0.164 e. The van der Waals surface area contributed by atoms with Gasteiger partial charge in [-0.25, -0.2) is 0 Å². The van der Waals surface area contributed by atoms with E-state index in [0.717, 1.165) is 24.3 Å². The molecule has 1 N–H and O–H groups in total. The minimum Gasteiger partial charge on any atom is -0.314 e. The van der Waals surface area contributed by atoms with Crippen LogP contribution >= 0.6 is 11.8 Å². The number of Topliss-reactive ketones (excluding diaryl/α,β-unsaturated/α-hetero) is 1. The molecule has 1 saturated heterocycles. The predicted octanol–water partition coefficient (Wildman–Crippen LogP) is 3.51. The van der Waals surface area contributed by atoms with Gasteiger partial charge in [0.2, 0.25) is 0 Å². The van der Waals surface area contributed by atoms with Gasteiger partial charge in [-0.2, -0.15) is 0 Å². The summed E-state index contributed by atoms with van der Waals surface area (Å²) in [5.74, 6) is 1.33. The van der Waals surface area contributed by atoms with Gasteiger partial charge >= 0.3 is 0 Å². The van der Waals surface area contributed by atoms with E-state index in [1.807, 2.05) is 23.9 Å². The Labute approximate surface area is 114 Å². The molecule has 1 fully saturated rings. The molecule has 18 heavy (non-hydrogen) atoms. The van der Waals surface area contributed by atoms with E-state index < -0.39 is 0 Å². The van der Waals surface area contributed by atoms with Crippen molar-refractivity contribution in [3.63, 3.8) is 0 Å². The Bertz CT molecular complexity index is 382. The van der Waals surface area contributed by atoms with Crippen LogP contribution in [0.3, 0.4) is 0 Å². The van der Waals surface area contributed by atoms with Crippen molar-refractivity contribution in [2.24, 2.45) is 0 Å². The second-order valence-corrected chi connectivity index (χ2v) is 6.07. The van der Waals surface area contributed by atoms with E-state index in [0.29, 0.717) is 12.5 Å². The molecule has 0 bridgehead atoms. The molecule has 0 aliphatic carbocycles. The maximum atomic E-state index is 12.1. The lowest BCUT2D eigenvalue weighted by atomic mass is 9.97. The molecular formula is C15H21NOS. The van der Waals surface area contributed by atoms with Gasteiger partial charge in [0.1, 0.15) is 0 Å². The Kier molecular flexibility index (Phi) is 5.26. The zero-order valence-corrected chi connectivity index (χ0v) is 11.8. The number of carbonyl (C=O) groups excluding carboxylic acids is 1. The lowest BCUT2D eigenvalue weighted by Crippen LogP contribution is -2.35. The lowest BCUT2D eigenvalue weighted by molar-refractivity contribution is 0.0963. The van der Waals surface area contributed by atoms with Gasteiger partial charge in [-0.05, 0) is 37.3 Å². The quantitative estimate of drug-likeness (QED) is 0.651. The Hall–Kier alpha value is -0.800. The van der Waals surface area contributed by atoms with Gasteiger partial charge < -0.3 is 5.32 Å². The summed E-state index contributed by atoms with van der Waals surface area (Å²) in [4.78, 5) is 13.4. The Balaban J connectivity index is 1.91. The summed E-state index contributed by atoms with van der Waals surface area (Å²) in [6.07, 6.45) is 4.26. The first-order chi connectivity index (χ1) is 8.79. The van der Waals surface area contributed by atoms with E-state index in [1.54, 1.807) is 0 Å². The van der Waals surface area contributed by atoms with Crippen molar-refractivity contribution in [1.29, 1.82) is 0 Å². The van der Waals surface area contributed by atoms with Crippen LogP contribution in [0.1, 0.15) is 43.0 Å². The number of piperidine rings is 1. The van der Waals surface area contributed by atoms with Crippen LogP contribution in [-0.4, -0.2) is 24.1 Å². The molecule has 2 nitrogen and oxygen atoms in total. The van der Waals surface area contributed by atoms with Crippen LogP contribution in [0.4, 0.5) is 0 Å². The van der Waals surface area contributed by atoms with E-state index in [1.165, 1.54) is 17.7 Å². The minimum absolute atomic E-state index is 0.266. The first-order valence-corrected chi connectivity index (χ1v) is 7.77. The van der Waals surface area contributed by atoms with Crippen molar-refractivity contribution in [3.8, 4) is 0 Å². The molecule has 1 heterocycles. The average Bonchev–Trinajstić information content (AvgIpc) is 2.41. The number of carbonyl (C=O) groups is 1. The van der Waals surface area contributed by atoms with E-state index in [9.17, 15) is 4.79 Å². The largest absolute Gasteiger partial charge is 0.314 e. The summed E-state index contributed by atoms with van der Waals surface area (Å²) < 4.78 is 0. The van der Waals surface area contributed by atoms with Crippen LogP contribution in [0, 0.1) is 0 Å². The number of ketones is 1. The van der Waals surface area contributed by atoms with Crippen molar-refractivity contribution < 1.29 is 4.79 Å². The first-order valence-electron chi connectivity index (χ1n) is 6.79. The number of nitrogens with one attached hydrogen (secondary N) is 1. The number of benzene rings is 1. The van der Waals surface area contributed by atoms with Crippen LogP contribution in [0.15, 0.2) is 29.2 Å². The smallest absolute Gasteiger partial charge is 0.164 e. The molecule has 1 unspecified atom stereocenters. The standard InChI is InChI=1S/C15H21NOS/c1-2-18-14-8-6-12(7-9-14)15(17)11-13-5-3-4-10-16-13/h6-9,13,16H,2-5,10-11H2,1H3. The molecule has 1 atom stereocenters. The van der Waals surface area contributed by atoms with Crippen molar-refractivity contribution in [2.45, 2.75) is 43.5 Å². The molecule has 0 amide bonds. The summed E-state index contributed by atoms with van der Waals surface area (Å²) in [5, 5.41) is 3.43. The fraction of sp³-hybridized carbons (Fsp3) is 0.533. The third-order valence-electron chi connectivity index (χ3n) is 3.33. The molecular weight excluding hydrogens is 242 g/mol. The van der Waals surface area contributed by atoms with E-state index in [4.69, 9.17) is 0 Å². The SMILES string of the molecule is CCSc1ccc(C(=O)CC2CCCCN2)cc1. The minimum atomic E-state index is 0.266. The Morgan fingerprint density at radius 2 is 2.11 bits per heavy atom. The predicted molar refractivity (Wildman–Crippen MR) is 77.4 cm³/mol. The van der Waals surface area contributed by atoms with Gasteiger partial charge in [0.15, 0.2) is 5.78 Å². The molecule has 98 valence electrons.